The maximum atomic E-state index is 6.12. The highest BCUT2D eigenvalue weighted by Gasteiger charge is 2.25. The number of methoxy groups -OCH3 is 1. The van der Waals surface area contributed by atoms with Crippen LogP contribution in [-0.2, 0) is 0 Å². The summed E-state index contributed by atoms with van der Waals surface area (Å²) in [7, 11) is 3.85. The molecule has 1 unspecified atom stereocenters. The lowest BCUT2D eigenvalue weighted by molar-refractivity contribution is 0.112. The Balaban J connectivity index is 2.19. The molecule has 0 radical (unpaired) electrons. The minimum Gasteiger partial charge on any atom is -0.497 e. The average molecular weight is 321 g/mol. The number of hydrogen-bond acceptors (Lipinski definition) is 5. The van der Waals surface area contributed by atoms with Crippen LogP contribution in [-0.4, -0.2) is 63.3 Å². The minimum atomic E-state index is 0.200. The number of rotatable bonds is 8. The van der Waals surface area contributed by atoms with Gasteiger partial charge in [0.15, 0.2) is 0 Å². The Kier molecular flexibility index (Phi) is 7.15. The summed E-state index contributed by atoms with van der Waals surface area (Å²) in [5.74, 6) is 1.74. The van der Waals surface area contributed by atoms with Crippen molar-refractivity contribution in [3.05, 3.63) is 23.8 Å². The van der Waals surface area contributed by atoms with Crippen LogP contribution in [0.3, 0.4) is 0 Å². The first-order chi connectivity index (χ1) is 11.2. The zero-order valence-electron chi connectivity index (χ0n) is 14.8. The molecule has 1 aliphatic rings. The highest BCUT2D eigenvalue weighted by Crippen LogP contribution is 2.33. The van der Waals surface area contributed by atoms with Crippen LogP contribution in [0.5, 0.6) is 11.5 Å². The summed E-state index contributed by atoms with van der Waals surface area (Å²) in [5, 5.41) is 0. The van der Waals surface area contributed by atoms with Crippen molar-refractivity contribution in [3.63, 3.8) is 0 Å². The van der Waals surface area contributed by atoms with E-state index in [2.05, 4.69) is 29.8 Å². The summed E-state index contributed by atoms with van der Waals surface area (Å²) in [6, 6.07) is 6.30. The van der Waals surface area contributed by atoms with Gasteiger partial charge in [0.05, 0.1) is 19.8 Å². The predicted octanol–water partition coefficient (Wildman–Crippen LogP) is 2.12. The molecule has 1 aromatic rings. The molecule has 1 saturated heterocycles. The molecule has 0 aliphatic carbocycles. The molecule has 130 valence electrons. The molecule has 1 fully saturated rings. The van der Waals surface area contributed by atoms with E-state index < -0.39 is 0 Å². The Bertz CT molecular complexity index is 473. The van der Waals surface area contributed by atoms with E-state index in [9.17, 15) is 0 Å². The van der Waals surface area contributed by atoms with Crippen LogP contribution in [0.1, 0.15) is 31.4 Å². The Morgan fingerprint density at radius 2 is 1.96 bits per heavy atom. The summed E-state index contributed by atoms with van der Waals surface area (Å²) in [6.45, 7) is 7.74. The normalized spacial score (nSPS) is 17.9. The number of hydrogen-bond donors (Lipinski definition) is 1. The molecule has 23 heavy (non-hydrogen) atoms. The number of likely N-dealkylation sites (N-methyl/N-ethyl adjacent to an activating group) is 1. The lowest BCUT2D eigenvalue weighted by atomic mass is 10.0. The minimum absolute atomic E-state index is 0.200. The van der Waals surface area contributed by atoms with Crippen LogP contribution in [0, 0.1) is 0 Å². The van der Waals surface area contributed by atoms with Gasteiger partial charge in [-0.15, -0.1) is 0 Å². The monoisotopic (exact) mass is 321 g/mol. The van der Waals surface area contributed by atoms with Gasteiger partial charge in [0, 0.05) is 44.4 Å². The number of piperazine rings is 1. The van der Waals surface area contributed by atoms with Gasteiger partial charge in [-0.3, -0.25) is 4.90 Å². The molecule has 2 N–H and O–H groups in total. The molecular weight excluding hydrogens is 290 g/mol. The third-order valence-corrected chi connectivity index (χ3v) is 4.54. The van der Waals surface area contributed by atoms with E-state index in [1.165, 1.54) is 5.56 Å². The third kappa shape index (κ3) is 4.83. The molecule has 5 nitrogen and oxygen atoms in total. The van der Waals surface area contributed by atoms with Crippen molar-refractivity contribution in [2.75, 3.05) is 53.5 Å². The molecule has 5 heteroatoms. The standard InChI is InChI=1S/C18H31N3O2/c1-4-5-12-23-18-13-15(22-3)6-7-16(18)17(14-19)21-10-8-20(2)9-11-21/h6-7,13,17H,4-5,8-12,14,19H2,1-3H3. The fourth-order valence-corrected chi connectivity index (χ4v) is 2.97. The van der Waals surface area contributed by atoms with Gasteiger partial charge >= 0.3 is 0 Å². The topological polar surface area (TPSA) is 51.0 Å². The number of nitrogens with zero attached hydrogens (tertiary/aromatic N) is 2. The summed E-state index contributed by atoms with van der Waals surface area (Å²) in [6.07, 6.45) is 2.18. The summed E-state index contributed by atoms with van der Waals surface area (Å²) >= 11 is 0. The van der Waals surface area contributed by atoms with E-state index in [4.69, 9.17) is 15.2 Å². The van der Waals surface area contributed by atoms with Crippen LogP contribution in [0.4, 0.5) is 0 Å². The van der Waals surface area contributed by atoms with E-state index >= 15 is 0 Å². The van der Waals surface area contributed by atoms with Crippen molar-refractivity contribution < 1.29 is 9.47 Å². The van der Waals surface area contributed by atoms with Crippen LogP contribution in [0.2, 0.25) is 0 Å². The van der Waals surface area contributed by atoms with Crippen LogP contribution in [0.15, 0.2) is 18.2 Å². The van der Waals surface area contributed by atoms with Crippen molar-refractivity contribution in [1.82, 2.24) is 9.80 Å². The first-order valence-electron chi connectivity index (χ1n) is 8.63. The van der Waals surface area contributed by atoms with E-state index in [1.807, 2.05) is 12.1 Å². The van der Waals surface area contributed by atoms with Gasteiger partial charge in [0.2, 0.25) is 0 Å². The van der Waals surface area contributed by atoms with Crippen molar-refractivity contribution in [2.45, 2.75) is 25.8 Å². The second-order valence-electron chi connectivity index (χ2n) is 6.20. The van der Waals surface area contributed by atoms with Crippen molar-refractivity contribution in [1.29, 1.82) is 0 Å². The molecule has 1 heterocycles. The van der Waals surface area contributed by atoms with Crippen LogP contribution < -0.4 is 15.2 Å². The van der Waals surface area contributed by atoms with Gasteiger partial charge in [0.1, 0.15) is 11.5 Å². The zero-order chi connectivity index (χ0) is 16.7. The molecule has 0 amide bonds. The molecule has 1 aromatic carbocycles. The molecule has 0 spiro atoms. The number of benzene rings is 1. The van der Waals surface area contributed by atoms with Gasteiger partial charge in [-0.2, -0.15) is 0 Å². The summed E-state index contributed by atoms with van der Waals surface area (Å²) < 4.78 is 11.4. The Hall–Kier alpha value is -1.30. The van der Waals surface area contributed by atoms with E-state index in [0.717, 1.165) is 57.1 Å². The number of ether oxygens (including phenoxy) is 2. The molecule has 0 saturated carbocycles. The van der Waals surface area contributed by atoms with Gasteiger partial charge < -0.3 is 20.1 Å². The zero-order valence-corrected chi connectivity index (χ0v) is 14.8. The van der Waals surface area contributed by atoms with Gasteiger partial charge in [0.25, 0.3) is 0 Å². The van der Waals surface area contributed by atoms with E-state index in [0.29, 0.717) is 6.54 Å². The fraction of sp³-hybridized carbons (Fsp3) is 0.667. The highest BCUT2D eigenvalue weighted by molar-refractivity contribution is 5.43. The number of nitrogens with two attached hydrogens (primary N) is 1. The molecule has 0 bridgehead atoms. The number of unbranched alkanes of at least 4 members (excludes halogenated alkanes) is 1. The van der Waals surface area contributed by atoms with Gasteiger partial charge in [-0.25, -0.2) is 0 Å². The van der Waals surface area contributed by atoms with E-state index in [-0.39, 0.29) is 6.04 Å². The largest absolute Gasteiger partial charge is 0.497 e. The molecule has 1 aliphatic heterocycles. The quantitative estimate of drug-likeness (QED) is 0.743. The second-order valence-corrected chi connectivity index (χ2v) is 6.20. The summed E-state index contributed by atoms with van der Waals surface area (Å²) in [5.41, 5.74) is 7.30. The fourth-order valence-electron chi connectivity index (χ4n) is 2.97. The van der Waals surface area contributed by atoms with Crippen molar-refractivity contribution >= 4 is 0 Å². The maximum absolute atomic E-state index is 6.12. The smallest absolute Gasteiger partial charge is 0.127 e. The molecule has 1 atom stereocenters. The van der Waals surface area contributed by atoms with Crippen LogP contribution in [0.25, 0.3) is 0 Å². The lowest BCUT2D eigenvalue weighted by Gasteiger charge is -2.38. The van der Waals surface area contributed by atoms with Gasteiger partial charge in [-0.05, 0) is 19.5 Å². The Morgan fingerprint density at radius 1 is 1.22 bits per heavy atom. The third-order valence-electron chi connectivity index (χ3n) is 4.54. The highest BCUT2D eigenvalue weighted by atomic mass is 16.5. The lowest BCUT2D eigenvalue weighted by Crippen LogP contribution is -2.47. The maximum Gasteiger partial charge on any atom is 0.127 e. The SMILES string of the molecule is CCCCOc1cc(OC)ccc1C(CN)N1CCN(C)CC1. The average Bonchev–Trinajstić information content (AvgIpc) is 2.58. The van der Waals surface area contributed by atoms with Crippen molar-refractivity contribution in [3.8, 4) is 11.5 Å². The molecule has 0 aromatic heterocycles. The van der Waals surface area contributed by atoms with Gasteiger partial charge in [-0.1, -0.05) is 19.4 Å². The first-order valence-corrected chi connectivity index (χ1v) is 8.63. The summed E-state index contributed by atoms with van der Waals surface area (Å²) in [4.78, 5) is 4.82. The first kappa shape index (κ1) is 18.0. The second kappa shape index (κ2) is 9.11. The molecular formula is C18H31N3O2. The predicted molar refractivity (Wildman–Crippen MR) is 94.3 cm³/mol. The Labute approximate surface area is 140 Å². The van der Waals surface area contributed by atoms with E-state index in [1.54, 1.807) is 7.11 Å². The van der Waals surface area contributed by atoms with Crippen molar-refractivity contribution in [2.24, 2.45) is 5.73 Å². The molecule has 2 rings (SSSR count). The van der Waals surface area contributed by atoms with Crippen LogP contribution >= 0.6 is 0 Å². The Morgan fingerprint density at radius 3 is 2.57 bits per heavy atom.